The third-order valence-electron chi connectivity index (χ3n) is 5.22. The zero-order chi connectivity index (χ0) is 22.8. The predicted octanol–water partition coefficient (Wildman–Crippen LogP) is 3.18. The summed E-state index contributed by atoms with van der Waals surface area (Å²) in [6.45, 7) is 1.48. The molecule has 1 N–H and O–H groups in total. The molecule has 0 saturated carbocycles. The molecule has 1 aliphatic heterocycles. The van der Waals surface area contributed by atoms with Gasteiger partial charge in [-0.15, -0.1) is 0 Å². The Kier molecular flexibility index (Phi) is 6.05. The van der Waals surface area contributed by atoms with Gasteiger partial charge in [0.15, 0.2) is 11.0 Å². The highest BCUT2D eigenvalue weighted by atomic mass is 32.2. The van der Waals surface area contributed by atoms with E-state index in [1.807, 2.05) is 24.3 Å². The Hall–Kier alpha value is -3.31. The molecule has 11 heteroatoms. The van der Waals surface area contributed by atoms with Gasteiger partial charge in [-0.3, -0.25) is 4.79 Å². The van der Waals surface area contributed by atoms with Crippen molar-refractivity contribution in [3.05, 3.63) is 54.4 Å². The Morgan fingerprint density at radius 1 is 1.27 bits per heavy atom. The van der Waals surface area contributed by atoms with Gasteiger partial charge < -0.3 is 19.4 Å². The number of imidazole rings is 1. The number of halogens is 2. The molecule has 0 bridgehead atoms. The van der Waals surface area contributed by atoms with Crippen molar-refractivity contribution in [3.8, 4) is 5.88 Å². The van der Waals surface area contributed by atoms with Crippen LogP contribution in [0.5, 0.6) is 5.88 Å². The summed E-state index contributed by atoms with van der Waals surface area (Å²) in [6, 6.07) is 9.50. The van der Waals surface area contributed by atoms with Crippen LogP contribution in [0.3, 0.4) is 0 Å². The molecule has 1 aliphatic rings. The Bertz CT molecular complexity index is 1310. The number of morpholine rings is 1. The van der Waals surface area contributed by atoms with Gasteiger partial charge in [-0.2, -0.15) is 0 Å². The van der Waals surface area contributed by atoms with Gasteiger partial charge in [0.05, 0.1) is 35.3 Å². The van der Waals surface area contributed by atoms with Crippen LogP contribution in [0.4, 0.5) is 8.78 Å². The number of para-hydroxylation sites is 1. The summed E-state index contributed by atoms with van der Waals surface area (Å²) in [7, 11) is 0. The number of fused-ring (bicyclic) bond motifs is 2. The second-order valence-corrected chi connectivity index (χ2v) is 8.42. The molecule has 0 spiro atoms. The van der Waals surface area contributed by atoms with Gasteiger partial charge >= 0.3 is 0 Å². The van der Waals surface area contributed by atoms with Crippen molar-refractivity contribution in [1.82, 2.24) is 24.8 Å². The largest absolute Gasteiger partial charge is 0.474 e. The van der Waals surface area contributed by atoms with E-state index in [1.54, 1.807) is 4.90 Å². The van der Waals surface area contributed by atoms with Gasteiger partial charge in [0.2, 0.25) is 11.8 Å². The molecule has 1 atom stereocenters. The fraction of sp³-hybridized carbons (Fsp3) is 0.273. The van der Waals surface area contributed by atoms with Gasteiger partial charge in [0.1, 0.15) is 30.4 Å². The Morgan fingerprint density at radius 2 is 2.15 bits per heavy atom. The van der Waals surface area contributed by atoms with Crippen molar-refractivity contribution < 1.29 is 23.0 Å². The number of nitrogens with zero attached hydrogens (tertiary/aromatic N) is 4. The van der Waals surface area contributed by atoms with Crippen LogP contribution in [-0.4, -0.2) is 68.9 Å². The Labute approximate surface area is 191 Å². The lowest BCUT2D eigenvalue weighted by Gasteiger charge is -2.32. The molecular weight excluding hydrogens is 452 g/mol. The van der Waals surface area contributed by atoms with E-state index in [2.05, 4.69) is 19.9 Å². The van der Waals surface area contributed by atoms with Crippen LogP contribution in [0, 0.1) is 11.6 Å². The first-order valence-corrected chi connectivity index (χ1v) is 11.2. The number of nitrogens with one attached hydrogen (secondary N) is 1. The molecule has 1 amide bonds. The summed E-state index contributed by atoms with van der Waals surface area (Å²) >= 11 is 1.14. The van der Waals surface area contributed by atoms with Crippen molar-refractivity contribution in [3.63, 3.8) is 0 Å². The van der Waals surface area contributed by atoms with E-state index in [1.165, 1.54) is 12.4 Å². The second kappa shape index (κ2) is 9.28. The molecule has 4 aromatic rings. The maximum absolute atomic E-state index is 13.8. The second-order valence-electron chi connectivity index (χ2n) is 7.45. The molecule has 0 radical (unpaired) electrons. The zero-order valence-corrected chi connectivity index (χ0v) is 18.1. The number of aromatic nitrogens is 4. The zero-order valence-electron chi connectivity index (χ0n) is 17.3. The quantitative estimate of drug-likeness (QED) is 0.432. The monoisotopic (exact) mass is 471 g/mol. The fourth-order valence-electron chi connectivity index (χ4n) is 3.62. The van der Waals surface area contributed by atoms with E-state index in [4.69, 9.17) is 9.47 Å². The number of aromatic amines is 1. The number of rotatable bonds is 6. The average Bonchev–Trinajstić information content (AvgIpc) is 3.24. The smallest absolute Gasteiger partial charge is 0.233 e. The van der Waals surface area contributed by atoms with Crippen LogP contribution in [0.1, 0.15) is 0 Å². The third kappa shape index (κ3) is 4.74. The molecule has 1 fully saturated rings. The number of hydrogen-bond acceptors (Lipinski definition) is 7. The van der Waals surface area contributed by atoms with Crippen LogP contribution in [-0.2, 0) is 9.53 Å². The number of hydrogen-bond donors (Lipinski definition) is 1. The SMILES string of the molecule is O=C(CSc1nc2c(F)cc(F)cc2[nH]1)N1CCOC(COc2ncnc3ccccc23)C1. The van der Waals surface area contributed by atoms with Crippen molar-refractivity contribution in [2.75, 3.05) is 32.1 Å². The molecule has 0 aliphatic carbocycles. The summed E-state index contributed by atoms with van der Waals surface area (Å²) in [5, 5.41) is 1.16. The fourth-order valence-corrected chi connectivity index (χ4v) is 4.40. The summed E-state index contributed by atoms with van der Waals surface area (Å²) in [4.78, 5) is 29.8. The molecule has 1 unspecified atom stereocenters. The van der Waals surface area contributed by atoms with Crippen LogP contribution >= 0.6 is 11.8 Å². The lowest BCUT2D eigenvalue weighted by molar-refractivity contribution is -0.137. The van der Waals surface area contributed by atoms with Gasteiger partial charge in [-0.1, -0.05) is 23.9 Å². The molecule has 2 aromatic carbocycles. The summed E-state index contributed by atoms with van der Waals surface area (Å²) in [5.41, 5.74) is 1.09. The van der Waals surface area contributed by atoms with Crippen LogP contribution < -0.4 is 4.74 Å². The van der Waals surface area contributed by atoms with E-state index in [-0.39, 0.29) is 35.4 Å². The normalized spacial score (nSPS) is 16.4. The predicted molar refractivity (Wildman–Crippen MR) is 118 cm³/mol. The van der Waals surface area contributed by atoms with Crippen LogP contribution in [0.25, 0.3) is 21.9 Å². The van der Waals surface area contributed by atoms with E-state index in [0.29, 0.717) is 30.7 Å². The standard InChI is InChI=1S/C22H19F2N5O3S/c23-13-7-16(24)20-18(8-13)27-22(28-20)33-11-19(30)29-5-6-31-14(9-29)10-32-21-15-3-1-2-4-17(15)25-12-26-21/h1-4,7-8,12,14H,5-6,9-11H2,(H,27,28). The summed E-state index contributed by atoms with van der Waals surface area (Å²) < 4.78 is 38.8. The van der Waals surface area contributed by atoms with E-state index < -0.39 is 11.6 Å². The molecule has 1 saturated heterocycles. The number of amides is 1. The molecule has 33 heavy (non-hydrogen) atoms. The molecule has 5 rings (SSSR count). The molecule has 2 aromatic heterocycles. The highest BCUT2D eigenvalue weighted by Crippen LogP contribution is 2.24. The summed E-state index contributed by atoms with van der Waals surface area (Å²) in [6.07, 6.45) is 1.15. The van der Waals surface area contributed by atoms with Crippen molar-refractivity contribution in [1.29, 1.82) is 0 Å². The molecule has 3 heterocycles. The number of carbonyl (C=O) groups excluding carboxylic acids is 1. The maximum atomic E-state index is 13.8. The van der Waals surface area contributed by atoms with Crippen LogP contribution in [0.15, 0.2) is 47.9 Å². The lowest BCUT2D eigenvalue weighted by Crippen LogP contribution is -2.48. The minimum absolute atomic E-state index is 0.0483. The van der Waals surface area contributed by atoms with Gasteiger partial charge in [0, 0.05) is 12.6 Å². The van der Waals surface area contributed by atoms with Gasteiger partial charge in [0.25, 0.3) is 0 Å². The summed E-state index contributed by atoms with van der Waals surface area (Å²) in [5.74, 6) is -0.960. The highest BCUT2D eigenvalue weighted by molar-refractivity contribution is 7.99. The van der Waals surface area contributed by atoms with Crippen molar-refractivity contribution >= 4 is 39.6 Å². The number of benzene rings is 2. The minimum Gasteiger partial charge on any atom is -0.474 e. The highest BCUT2D eigenvalue weighted by Gasteiger charge is 2.25. The Morgan fingerprint density at radius 3 is 3.06 bits per heavy atom. The number of carbonyl (C=O) groups is 1. The number of thioether (sulfide) groups is 1. The number of ether oxygens (including phenoxy) is 2. The average molecular weight is 471 g/mol. The first-order valence-electron chi connectivity index (χ1n) is 10.3. The van der Waals surface area contributed by atoms with E-state index in [9.17, 15) is 13.6 Å². The Balaban J connectivity index is 1.17. The van der Waals surface area contributed by atoms with Gasteiger partial charge in [-0.05, 0) is 18.2 Å². The molecule has 170 valence electrons. The maximum Gasteiger partial charge on any atom is 0.233 e. The minimum atomic E-state index is -0.744. The van der Waals surface area contributed by atoms with Crippen LogP contribution in [0.2, 0.25) is 0 Å². The van der Waals surface area contributed by atoms with Crippen molar-refractivity contribution in [2.45, 2.75) is 11.3 Å². The lowest BCUT2D eigenvalue weighted by atomic mass is 10.2. The number of H-pyrrole nitrogens is 1. The third-order valence-corrected chi connectivity index (χ3v) is 6.08. The van der Waals surface area contributed by atoms with Crippen molar-refractivity contribution in [2.24, 2.45) is 0 Å². The van der Waals surface area contributed by atoms with E-state index in [0.717, 1.165) is 28.7 Å². The first kappa shape index (κ1) is 21.5. The van der Waals surface area contributed by atoms with Gasteiger partial charge in [-0.25, -0.2) is 23.7 Å². The molecule has 8 nitrogen and oxygen atoms in total. The topological polar surface area (TPSA) is 93.2 Å². The first-order chi connectivity index (χ1) is 16.1. The van der Waals surface area contributed by atoms with E-state index >= 15 is 0 Å². The molecular formula is C22H19F2N5O3S.